The molecule has 0 unspecified atom stereocenters. The van der Waals surface area contributed by atoms with Gasteiger partial charge in [0.05, 0.1) is 19.5 Å². The van der Waals surface area contributed by atoms with Gasteiger partial charge in [0.2, 0.25) is 0 Å². The van der Waals surface area contributed by atoms with E-state index < -0.39 is 0 Å². The van der Waals surface area contributed by atoms with Crippen molar-refractivity contribution >= 4 is 5.69 Å². The van der Waals surface area contributed by atoms with Crippen LogP contribution in [0.1, 0.15) is 12.8 Å². The molecule has 0 amide bonds. The van der Waals surface area contributed by atoms with E-state index in [1.807, 2.05) is 29.4 Å². The molecule has 0 spiro atoms. The summed E-state index contributed by atoms with van der Waals surface area (Å²) in [4.78, 5) is 6.96. The smallest absolute Gasteiger partial charge is 0.142 e. The maximum Gasteiger partial charge on any atom is 0.142 e. The Hall–Kier alpha value is -1.99. The van der Waals surface area contributed by atoms with Crippen molar-refractivity contribution in [2.75, 3.05) is 71.2 Å². The number of benzene rings is 1. The van der Waals surface area contributed by atoms with Gasteiger partial charge in [-0.15, -0.1) is 0 Å². The topological polar surface area (TPSA) is 34.2 Å². The number of hydrogen-bond acceptors (Lipinski definition) is 6. The first-order chi connectivity index (χ1) is 13.3. The van der Waals surface area contributed by atoms with E-state index in [0.717, 1.165) is 58.1 Å². The maximum absolute atomic E-state index is 12.5. The summed E-state index contributed by atoms with van der Waals surface area (Å²) in [6.45, 7) is 7.28. The Morgan fingerprint density at radius 3 is 2.59 bits per heavy atom. The van der Waals surface area contributed by atoms with E-state index in [-0.39, 0.29) is 6.67 Å². The second-order valence-electron chi connectivity index (χ2n) is 7.06. The first-order valence-corrected chi connectivity index (χ1v) is 9.88. The number of unbranched alkanes of at least 4 members (excludes halogenated alkanes) is 1. The minimum atomic E-state index is -0.307. The van der Waals surface area contributed by atoms with Gasteiger partial charge in [0.15, 0.2) is 0 Å². The third kappa shape index (κ3) is 5.74. The van der Waals surface area contributed by atoms with Crippen LogP contribution in [0.25, 0.3) is 0 Å². The Labute approximate surface area is 162 Å². The molecular weight excluding hydrogens is 345 g/mol. The second-order valence-corrected chi connectivity index (χ2v) is 7.06. The molecule has 0 bridgehead atoms. The summed E-state index contributed by atoms with van der Waals surface area (Å²) in [5.41, 5.74) is 4.43. The van der Waals surface area contributed by atoms with Crippen LogP contribution in [0.5, 0.6) is 5.75 Å². The number of methoxy groups -OCH3 is 1. The zero-order valence-electron chi connectivity index (χ0n) is 16.3. The molecule has 1 aromatic rings. The zero-order valence-corrected chi connectivity index (χ0v) is 16.3. The summed E-state index contributed by atoms with van der Waals surface area (Å²) in [5, 5.41) is 2.15. The number of ether oxygens (including phenoxy) is 1. The molecule has 1 saturated heterocycles. The van der Waals surface area contributed by atoms with E-state index in [1.165, 1.54) is 12.1 Å². The van der Waals surface area contributed by atoms with Crippen LogP contribution in [-0.4, -0.2) is 81.1 Å². The van der Waals surface area contributed by atoms with Crippen molar-refractivity contribution in [3.63, 3.8) is 0 Å². The first kappa shape index (κ1) is 19.8. The predicted molar refractivity (Wildman–Crippen MR) is 107 cm³/mol. The fourth-order valence-corrected chi connectivity index (χ4v) is 3.68. The van der Waals surface area contributed by atoms with Gasteiger partial charge in [-0.05, 0) is 31.5 Å². The highest BCUT2D eigenvalue weighted by molar-refractivity contribution is 5.58. The lowest BCUT2D eigenvalue weighted by Gasteiger charge is -2.37. The summed E-state index contributed by atoms with van der Waals surface area (Å²) in [5.74, 6) is 0.954. The number of alkyl halides is 1. The van der Waals surface area contributed by atoms with Gasteiger partial charge < -0.3 is 20.0 Å². The van der Waals surface area contributed by atoms with E-state index in [9.17, 15) is 4.39 Å². The van der Waals surface area contributed by atoms with Crippen LogP contribution in [0.4, 0.5) is 10.1 Å². The van der Waals surface area contributed by atoms with E-state index >= 15 is 0 Å². The Balaban J connectivity index is 1.33. The molecule has 0 aliphatic carbocycles. The summed E-state index contributed by atoms with van der Waals surface area (Å²) >= 11 is 0. The van der Waals surface area contributed by atoms with Gasteiger partial charge >= 0.3 is 0 Å². The molecule has 0 saturated carbocycles. The lowest BCUT2D eigenvalue weighted by atomic mass is 10.2. The lowest BCUT2D eigenvalue weighted by Crippen LogP contribution is -2.47. The number of para-hydroxylation sites is 2. The number of piperazine rings is 1. The normalized spacial score (nSPS) is 18.6. The van der Waals surface area contributed by atoms with E-state index in [2.05, 4.69) is 32.4 Å². The fraction of sp³-hybridized carbons (Fsp3) is 0.600. The van der Waals surface area contributed by atoms with Gasteiger partial charge in [0.1, 0.15) is 12.4 Å². The summed E-state index contributed by atoms with van der Waals surface area (Å²) in [6, 6.07) is 8.26. The zero-order chi connectivity index (χ0) is 18.9. The van der Waals surface area contributed by atoms with Crippen LogP contribution >= 0.6 is 0 Å². The van der Waals surface area contributed by atoms with E-state index in [0.29, 0.717) is 6.54 Å². The molecule has 2 heterocycles. The molecule has 0 atom stereocenters. The van der Waals surface area contributed by atoms with Crippen LogP contribution in [0.15, 0.2) is 36.7 Å². The largest absolute Gasteiger partial charge is 0.495 e. The van der Waals surface area contributed by atoms with Crippen LogP contribution in [-0.2, 0) is 0 Å². The standard InChI is InChI=1S/C20H32FN5O/c1-27-20-7-3-2-6-19(20)25-16-14-23(15-17-25)10-4-5-11-26-18-24(12-8-21)13-9-22-26/h2-3,6-7,9,13,22H,4-5,8,10-12,14-18H2,1H3. The molecular formula is C20H32FN5O. The second kappa shape index (κ2) is 10.4. The lowest BCUT2D eigenvalue weighted by molar-refractivity contribution is 0.107. The molecule has 1 aromatic carbocycles. The summed E-state index contributed by atoms with van der Waals surface area (Å²) < 4.78 is 18.0. The number of nitrogens with zero attached hydrogens (tertiary/aromatic N) is 4. The van der Waals surface area contributed by atoms with Crippen molar-refractivity contribution < 1.29 is 9.13 Å². The SMILES string of the molecule is COc1ccccc1N1CCN(CCCCN2CN(CCF)C=CN2)CC1. The molecule has 1 fully saturated rings. The molecule has 2 aliphatic heterocycles. The maximum atomic E-state index is 12.5. The van der Waals surface area contributed by atoms with Crippen LogP contribution in [0.3, 0.4) is 0 Å². The first-order valence-electron chi connectivity index (χ1n) is 9.88. The highest BCUT2D eigenvalue weighted by Crippen LogP contribution is 2.28. The molecule has 0 aromatic heterocycles. The summed E-state index contributed by atoms with van der Waals surface area (Å²) in [7, 11) is 1.73. The van der Waals surface area contributed by atoms with Gasteiger partial charge in [-0.1, -0.05) is 12.1 Å². The fourth-order valence-electron chi connectivity index (χ4n) is 3.68. The van der Waals surface area contributed by atoms with Crippen LogP contribution in [0.2, 0.25) is 0 Å². The van der Waals surface area contributed by atoms with Crippen molar-refractivity contribution in [1.29, 1.82) is 0 Å². The van der Waals surface area contributed by atoms with Gasteiger partial charge in [0.25, 0.3) is 0 Å². The monoisotopic (exact) mass is 377 g/mol. The Kier molecular flexibility index (Phi) is 7.59. The van der Waals surface area contributed by atoms with Gasteiger partial charge in [-0.3, -0.25) is 4.90 Å². The third-order valence-electron chi connectivity index (χ3n) is 5.22. The molecule has 2 aliphatic rings. The molecule has 7 heteroatoms. The number of hydrazine groups is 1. The van der Waals surface area contributed by atoms with Crippen molar-refractivity contribution in [2.45, 2.75) is 12.8 Å². The highest BCUT2D eigenvalue weighted by atomic mass is 19.1. The highest BCUT2D eigenvalue weighted by Gasteiger charge is 2.19. The molecule has 1 N–H and O–H groups in total. The van der Waals surface area contributed by atoms with Crippen molar-refractivity contribution in [1.82, 2.24) is 20.2 Å². The number of anilines is 1. The molecule has 150 valence electrons. The van der Waals surface area contributed by atoms with E-state index in [1.54, 1.807) is 7.11 Å². The van der Waals surface area contributed by atoms with Crippen molar-refractivity contribution in [2.24, 2.45) is 0 Å². The number of nitrogens with one attached hydrogen (secondary N) is 1. The third-order valence-corrected chi connectivity index (χ3v) is 5.22. The van der Waals surface area contributed by atoms with Gasteiger partial charge in [-0.25, -0.2) is 9.40 Å². The van der Waals surface area contributed by atoms with Crippen molar-refractivity contribution in [3.05, 3.63) is 36.7 Å². The molecule has 0 radical (unpaired) electrons. The number of hydrogen-bond donors (Lipinski definition) is 1. The predicted octanol–water partition coefficient (Wildman–Crippen LogP) is 2.12. The van der Waals surface area contributed by atoms with Crippen molar-refractivity contribution in [3.8, 4) is 5.75 Å². The molecule has 3 rings (SSSR count). The van der Waals surface area contributed by atoms with Gasteiger partial charge in [0, 0.05) is 51.7 Å². The van der Waals surface area contributed by atoms with Crippen LogP contribution in [0, 0.1) is 0 Å². The Morgan fingerprint density at radius 1 is 1.04 bits per heavy atom. The van der Waals surface area contributed by atoms with E-state index in [4.69, 9.17) is 4.74 Å². The quantitative estimate of drug-likeness (QED) is 0.664. The van der Waals surface area contributed by atoms with Gasteiger partial charge in [-0.2, -0.15) is 0 Å². The minimum absolute atomic E-state index is 0.307. The number of rotatable bonds is 9. The average Bonchev–Trinajstić information content (AvgIpc) is 2.72. The Morgan fingerprint density at radius 2 is 1.81 bits per heavy atom. The average molecular weight is 378 g/mol. The number of halogens is 1. The minimum Gasteiger partial charge on any atom is -0.495 e. The Bertz CT molecular complexity index is 591. The molecule has 27 heavy (non-hydrogen) atoms. The molecule has 6 nitrogen and oxygen atoms in total. The van der Waals surface area contributed by atoms with Crippen LogP contribution < -0.4 is 15.1 Å². The summed E-state index contributed by atoms with van der Waals surface area (Å²) in [6.07, 6.45) is 6.12.